The predicted molar refractivity (Wildman–Crippen MR) is 90.2 cm³/mol. The van der Waals surface area contributed by atoms with E-state index < -0.39 is 24.0 Å². The molecule has 0 bridgehead atoms. The summed E-state index contributed by atoms with van der Waals surface area (Å²) in [4.78, 5) is 20.8. The first-order chi connectivity index (χ1) is 13.3. The van der Waals surface area contributed by atoms with E-state index in [-0.39, 0.29) is 17.1 Å². The van der Waals surface area contributed by atoms with E-state index in [1.807, 2.05) is 6.07 Å². The van der Waals surface area contributed by atoms with Crippen molar-refractivity contribution in [2.45, 2.75) is 32.0 Å². The normalized spacial score (nSPS) is 15.4. The highest BCUT2D eigenvalue weighted by molar-refractivity contribution is 5.98. The molecule has 7 nitrogen and oxygen atoms in total. The number of furan rings is 1. The minimum atomic E-state index is -4.53. The van der Waals surface area contributed by atoms with Crippen molar-refractivity contribution in [2.24, 2.45) is 5.92 Å². The first kappa shape index (κ1) is 18.0. The Labute approximate surface area is 156 Å². The molecule has 0 aliphatic heterocycles. The number of nitriles is 1. The van der Waals surface area contributed by atoms with Gasteiger partial charge < -0.3 is 9.73 Å². The largest absolute Gasteiger partial charge is 0.444 e. The first-order valence-corrected chi connectivity index (χ1v) is 8.50. The lowest BCUT2D eigenvalue weighted by Crippen LogP contribution is -2.47. The lowest BCUT2D eigenvalue weighted by atomic mass is 10.1. The van der Waals surface area contributed by atoms with Crippen LogP contribution in [0.25, 0.3) is 17.1 Å². The summed E-state index contributed by atoms with van der Waals surface area (Å²) in [6.45, 7) is 1.73. The second kappa shape index (κ2) is 6.37. The molecule has 1 aliphatic carbocycles. The topological polar surface area (TPSA) is 96.2 Å². The first-order valence-electron chi connectivity index (χ1n) is 8.50. The van der Waals surface area contributed by atoms with Crippen LogP contribution in [0.4, 0.5) is 13.2 Å². The molecule has 4 rings (SSSR count). The molecule has 0 saturated heterocycles. The molecule has 1 aliphatic rings. The van der Waals surface area contributed by atoms with Gasteiger partial charge in [-0.05, 0) is 43.9 Å². The third-order valence-corrected chi connectivity index (χ3v) is 4.61. The summed E-state index contributed by atoms with van der Waals surface area (Å²) >= 11 is 0. The Balaban J connectivity index is 1.71. The summed E-state index contributed by atoms with van der Waals surface area (Å²) in [6.07, 6.45) is -2.34. The van der Waals surface area contributed by atoms with Gasteiger partial charge in [0.1, 0.15) is 24.1 Å². The van der Waals surface area contributed by atoms with Gasteiger partial charge in [0.15, 0.2) is 17.1 Å². The highest BCUT2D eigenvalue weighted by Gasteiger charge is 2.50. The summed E-state index contributed by atoms with van der Waals surface area (Å²) in [5.41, 5.74) is 0.901. The van der Waals surface area contributed by atoms with Crippen LogP contribution in [0.2, 0.25) is 0 Å². The van der Waals surface area contributed by atoms with E-state index in [1.54, 1.807) is 19.1 Å². The number of hydrogen-bond donors (Lipinski definition) is 1. The Hall–Kier alpha value is -3.35. The van der Waals surface area contributed by atoms with Crippen molar-refractivity contribution in [3.8, 4) is 17.5 Å². The summed E-state index contributed by atoms with van der Waals surface area (Å²) in [5, 5.41) is 10.9. The zero-order valence-corrected chi connectivity index (χ0v) is 14.6. The summed E-state index contributed by atoms with van der Waals surface area (Å²) in [7, 11) is 0. The Morgan fingerprint density at radius 1 is 1.43 bits per heavy atom. The number of carbonyl (C=O) groups excluding carboxylic acids is 1. The molecule has 28 heavy (non-hydrogen) atoms. The third kappa shape index (κ3) is 3.19. The Bertz CT molecular complexity index is 1100. The maximum Gasteiger partial charge on any atom is 0.408 e. The van der Waals surface area contributed by atoms with Crippen LogP contribution in [0.5, 0.6) is 0 Å². The number of aromatic nitrogens is 3. The van der Waals surface area contributed by atoms with Crippen LogP contribution in [0.15, 0.2) is 28.9 Å². The molecule has 1 amide bonds. The molecular weight excluding hydrogens is 375 g/mol. The average Bonchev–Trinajstić information content (AvgIpc) is 3.18. The lowest BCUT2D eigenvalue weighted by molar-refractivity contribution is -0.158. The van der Waals surface area contributed by atoms with Gasteiger partial charge in [-0.15, -0.1) is 0 Å². The maximum atomic E-state index is 13.2. The highest BCUT2D eigenvalue weighted by Crippen LogP contribution is 2.40. The van der Waals surface area contributed by atoms with Crippen LogP contribution in [-0.2, 0) is 0 Å². The molecule has 0 unspecified atom stereocenters. The molecule has 1 atom stereocenters. The smallest absolute Gasteiger partial charge is 0.408 e. The molecule has 0 spiro atoms. The SMILES string of the molecule is Cc1cc(-c2ccc(C#N)o2)nc2c(C(=O)N[C@@H](C3CC3)C(F)(F)F)ncn12. The average molecular weight is 389 g/mol. The van der Waals surface area contributed by atoms with Crippen molar-refractivity contribution in [1.82, 2.24) is 19.7 Å². The zero-order valence-electron chi connectivity index (χ0n) is 14.6. The maximum absolute atomic E-state index is 13.2. The molecule has 1 saturated carbocycles. The number of rotatable bonds is 4. The van der Waals surface area contributed by atoms with E-state index in [1.165, 1.54) is 16.8 Å². The van der Waals surface area contributed by atoms with Gasteiger partial charge in [0.25, 0.3) is 5.91 Å². The van der Waals surface area contributed by atoms with Crippen molar-refractivity contribution in [1.29, 1.82) is 5.26 Å². The van der Waals surface area contributed by atoms with E-state index in [9.17, 15) is 18.0 Å². The Kier molecular flexibility index (Phi) is 4.10. The number of nitrogens with zero attached hydrogens (tertiary/aromatic N) is 4. The third-order valence-electron chi connectivity index (χ3n) is 4.61. The second-order valence-electron chi connectivity index (χ2n) is 6.68. The second-order valence-corrected chi connectivity index (χ2v) is 6.68. The monoisotopic (exact) mass is 389 g/mol. The van der Waals surface area contributed by atoms with Crippen molar-refractivity contribution < 1.29 is 22.4 Å². The van der Waals surface area contributed by atoms with Gasteiger partial charge in [0, 0.05) is 5.69 Å². The van der Waals surface area contributed by atoms with Gasteiger partial charge in [-0.2, -0.15) is 18.4 Å². The van der Waals surface area contributed by atoms with E-state index in [2.05, 4.69) is 15.3 Å². The van der Waals surface area contributed by atoms with Gasteiger partial charge in [-0.3, -0.25) is 9.20 Å². The van der Waals surface area contributed by atoms with Crippen LogP contribution >= 0.6 is 0 Å². The Morgan fingerprint density at radius 2 is 2.18 bits per heavy atom. The van der Waals surface area contributed by atoms with Gasteiger partial charge in [-0.25, -0.2) is 9.97 Å². The number of nitrogens with one attached hydrogen (secondary N) is 1. The summed E-state index contributed by atoms with van der Waals surface area (Å²) in [6, 6.07) is 4.66. The van der Waals surface area contributed by atoms with Gasteiger partial charge in [-0.1, -0.05) is 0 Å². The van der Waals surface area contributed by atoms with Gasteiger partial charge in [0.05, 0.1) is 0 Å². The van der Waals surface area contributed by atoms with E-state index in [0.717, 1.165) is 0 Å². The highest BCUT2D eigenvalue weighted by atomic mass is 19.4. The number of imidazole rings is 1. The van der Waals surface area contributed by atoms with Crippen LogP contribution < -0.4 is 5.32 Å². The Morgan fingerprint density at radius 3 is 2.79 bits per heavy atom. The molecule has 3 aromatic rings. The van der Waals surface area contributed by atoms with Crippen molar-refractivity contribution >= 4 is 11.6 Å². The van der Waals surface area contributed by atoms with Crippen molar-refractivity contribution in [2.75, 3.05) is 0 Å². The fourth-order valence-corrected chi connectivity index (χ4v) is 3.05. The number of hydrogen-bond acceptors (Lipinski definition) is 5. The molecule has 1 fully saturated rings. The standard InChI is InChI=1S/C18H14F3N5O2/c1-9-6-12(13-5-4-11(7-22)28-13)24-16-14(23-8-26(9)16)17(27)25-15(10-2-3-10)18(19,20)21/h4-6,8,10,15H,2-3H2,1H3,(H,25,27)/t15-/m0/s1. The molecular formula is C18H14F3N5O2. The van der Waals surface area contributed by atoms with E-state index in [4.69, 9.17) is 9.68 Å². The number of carbonyl (C=O) groups is 1. The van der Waals surface area contributed by atoms with Crippen molar-refractivity contribution in [3.63, 3.8) is 0 Å². The lowest BCUT2D eigenvalue weighted by Gasteiger charge is -2.20. The molecule has 3 heterocycles. The number of amides is 1. The molecule has 3 aromatic heterocycles. The number of aryl methyl sites for hydroxylation is 1. The minimum absolute atomic E-state index is 0.0956. The van der Waals surface area contributed by atoms with Crippen LogP contribution in [0, 0.1) is 24.2 Å². The van der Waals surface area contributed by atoms with E-state index >= 15 is 0 Å². The minimum Gasteiger partial charge on any atom is -0.444 e. The van der Waals surface area contributed by atoms with Crippen LogP contribution in [0.1, 0.15) is 34.8 Å². The van der Waals surface area contributed by atoms with E-state index in [0.29, 0.717) is 30.0 Å². The number of fused-ring (bicyclic) bond motifs is 1. The predicted octanol–water partition coefficient (Wildman–Crippen LogP) is 3.24. The summed E-state index contributed by atoms with van der Waals surface area (Å²) in [5.74, 6) is -1.13. The fourth-order valence-electron chi connectivity index (χ4n) is 3.05. The molecule has 0 aromatic carbocycles. The molecule has 10 heteroatoms. The fraction of sp³-hybridized carbons (Fsp3) is 0.333. The van der Waals surface area contributed by atoms with Gasteiger partial charge >= 0.3 is 6.18 Å². The zero-order chi connectivity index (χ0) is 20.1. The number of halogens is 3. The molecule has 144 valence electrons. The van der Waals surface area contributed by atoms with Crippen molar-refractivity contribution in [3.05, 3.63) is 41.7 Å². The van der Waals surface area contributed by atoms with Crippen LogP contribution in [0.3, 0.4) is 0 Å². The van der Waals surface area contributed by atoms with Gasteiger partial charge in [0.2, 0.25) is 5.76 Å². The summed E-state index contributed by atoms with van der Waals surface area (Å²) < 4.78 is 46.5. The molecule has 1 N–H and O–H groups in total. The quantitative estimate of drug-likeness (QED) is 0.739. The molecule has 0 radical (unpaired) electrons. The number of alkyl halides is 3. The van der Waals surface area contributed by atoms with Crippen LogP contribution in [-0.4, -0.2) is 32.5 Å².